The van der Waals surface area contributed by atoms with Crippen LogP contribution in [0.25, 0.3) is 0 Å². The summed E-state index contributed by atoms with van der Waals surface area (Å²) in [6.45, 7) is 4.69. The van der Waals surface area contributed by atoms with E-state index in [1.54, 1.807) is 6.08 Å². The molecule has 0 bridgehead atoms. The molecular weight excluding hydrogens is 792 g/mol. The Morgan fingerprint density at radius 1 is 0.548 bits per heavy atom. The van der Waals surface area contributed by atoms with Gasteiger partial charge in [0.05, 0.1) is 39.9 Å². The van der Waals surface area contributed by atoms with Crippen molar-refractivity contribution < 1.29 is 32.9 Å². The molecule has 0 aliphatic carbocycles. The fourth-order valence-electron chi connectivity index (χ4n) is 8.21. The van der Waals surface area contributed by atoms with Gasteiger partial charge in [-0.2, -0.15) is 0 Å². The second-order valence-corrected chi connectivity index (χ2v) is 21.4. The lowest BCUT2D eigenvalue weighted by Gasteiger charge is -2.29. The quantitative estimate of drug-likeness (QED) is 0.0272. The minimum absolute atomic E-state index is 0.00256. The summed E-state index contributed by atoms with van der Waals surface area (Å²) in [5, 5.41) is 13.9. The van der Waals surface area contributed by atoms with Crippen LogP contribution in [0.1, 0.15) is 271 Å². The number of unbranched alkanes of at least 4 members (excludes halogenated alkanes) is 37. The van der Waals surface area contributed by atoms with E-state index >= 15 is 0 Å². The van der Waals surface area contributed by atoms with E-state index in [2.05, 4.69) is 19.2 Å². The smallest absolute Gasteiger partial charge is 0.268 e. The van der Waals surface area contributed by atoms with Gasteiger partial charge in [0.25, 0.3) is 7.82 Å². The Labute approximate surface area is 386 Å². The molecule has 0 aromatic heterocycles. The second-order valence-electron chi connectivity index (χ2n) is 19.9. The number of quaternary nitrogens is 1. The summed E-state index contributed by atoms with van der Waals surface area (Å²) in [6, 6.07) is -0.881. The number of allylic oxidation sites excluding steroid dienone is 1. The maximum absolute atomic E-state index is 12.9. The van der Waals surface area contributed by atoms with Crippen LogP contribution in [0.15, 0.2) is 12.2 Å². The van der Waals surface area contributed by atoms with E-state index in [0.717, 1.165) is 38.5 Å². The first-order valence-corrected chi connectivity index (χ1v) is 28.5. The number of nitrogens with one attached hydrogen (secondary N) is 1. The molecule has 0 radical (unpaired) electrons. The lowest BCUT2D eigenvalue weighted by Crippen LogP contribution is -2.45. The minimum Gasteiger partial charge on any atom is -0.756 e. The van der Waals surface area contributed by atoms with E-state index in [0.29, 0.717) is 17.4 Å². The normalized spacial score (nSPS) is 14.1. The molecule has 0 rings (SSSR count). The number of phosphoric ester groups is 1. The zero-order valence-electron chi connectivity index (χ0n) is 42.1. The molecule has 9 heteroatoms. The maximum Gasteiger partial charge on any atom is 0.268 e. The largest absolute Gasteiger partial charge is 0.756 e. The average Bonchev–Trinajstić information content (AvgIpc) is 3.23. The summed E-state index contributed by atoms with van der Waals surface area (Å²) in [6.07, 6.45) is 54.1. The molecular formula is C53H107N2O6P. The molecule has 3 atom stereocenters. The van der Waals surface area contributed by atoms with Crippen molar-refractivity contribution in [3.8, 4) is 0 Å². The van der Waals surface area contributed by atoms with Crippen molar-refractivity contribution in [1.29, 1.82) is 0 Å². The van der Waals surface area contributed by atoms with Crippen LogP contribution in [0.2, 0.25) is 0 Å². The Morgan fingerprint density at radius 2 is 0.871 bits per heavy atom. The van der Waals surface area contributed by atoms with Gasteiger partial charge in [-0.1, -0.05) is 257 Å². The van der Waals surface area contributed by atoms with E-state index in [1.807, 2.05) is 27.2 Å². The van der Waals surface area contributed by atoms with E-state index in [9.17, 15) is 19.4 Å². The zero-order chi connectivity index (χ0) is 45.7. The number of phosphoric acid groups is 1. The highest BCUT2D eigenvalue weighted by Gasteiger charge is 2.23. The first kappa shape index (κ1) is 61.2. The van der Waals surface area contributed by atoms with Gasteiger partial charge in [-0.3, -0.25) is 9.36 Å². The zero-order valence-corrected chi connectivity index (χ0v) is 43.0. The fraction of sp³-hybridized carbons (Fsp3) is 0.943. The van der Waals surface area contributed by atoms with E-state index in [4.69, 9.17) is 9.05 Å². The fourth-order valence-corrected chi connectivity index (χ4v) is 8.94. The van der Waals surface area contributed by atoms with Gasteiger partial charge in [-0.25, -0.2) is 0 Å². The number of aliphatic hydroxyl groups excluding tert-OH is 1. The molecule has 0 aliphatic heterocycles. The van der Waals surface area contributed by atoms with Crippen LogP contribution in [-0.2, 0) is 18.4 Å². The molecule has 0 spiro atoms. The van der Waals surface area contributed by atoms with Crippen molar-refractivity contribution in [2.75, 3.05) is 40.9 Å². The van der Waals surface area contributed by atoms with Crippen LogP contribution in [-0.4, -0.2) is 68.5 Å². The molecule has 0 heterocycles. The first-order valence-electron chi connectivity index (χ1n) is 27.1. The van der Waals surface area contributed by atoms with Crippen molar-refractivity contribution in [2.45, 2.75) is 283 Å². The van der Waals surface area contributed by atoms with E-state index < -0.39 is 20.0 Å². The molecule has 370 valence electrons. The van der Waals surface area contributed by atoms with Crippen molar-refractivity contribution in [1.82, 2.24) is 5.32 Å². The molecule has 3 unspecified atom stereocenters. The minimum atomic E-state index is -4.59. The standard InChI is InChI=1S/C53H107N2O6P/c1-6-8-10-12-14-16-18-20-22-24-26-27-28-29-31-33-35-37-39-41-43-45-47-53(57)54-51(50-61-62(58,59)60-49-48-55(3,4)5)52(56)46-44-42-40-38-36-34-32-30-25-23-21-19-17-15-13-11-9-7-2/h44,46,51-52,56H,6-43,45,47-50H2,1-5H3,(H-,54,57,58,59)/b46-44+. The van der Waals surface area contributed by atoms with Gasteiger partial charge in [0, 0.05) is 6.42 Å². The van der Waals surface area contributed by atoms with E-state index in [1.165, 1.54) is 212 Å². The number of amides is 1. The summed E-state index contributed by atoms with van der Waals surface area (Å²) >= 11 is 0. The summed E-state index contributed by atoms with van der Waals surface area (Å²) in [5.41, 5.74) is 0. The van der Waals surface area contributed by atoms with Crippen LogP contribution < -0.4 is 10.2 Å². The Balaban J connectivity index is 4.22. The van der Waals surface area contributed by atoms with Gasteiger partial charge in [0.15, 0.2) is 0 Å². The molecule has 0 aromatic carbocycles. The molecule has 62 heavy (non-hydrogen) atoms. The molecule has 0 saturated heterocycles. The van der Waals surface area contributed by atoms with Gasteiger partial charge in [0.1, 0.15) is 13.2 Å². The lowest BCUT2D eigenvalue weighted by molar-refractivity contribution is -0.870. The highest BCUT2D eigenvalue weighted by atomic mass is 31.2. The van der Waals surface area contributed by atoms with Gasteiger partial charge in [0.2, 0.25) is 5.91 Å². The predicted octanol–water partition coefficient (Wildman–Crippen LogP) is 15.2. The third-order valence-electron chi connectivity index (χ3n) is 12.5. The Bertz CT molecular complexity index is 1020. The summed E-state index contributed by atoms with van der Waals surface area (Å²) in [5.74, 6) is -0.191. The number of likely N-dealkylation sites (N-methyl/N-ethyl adjacent to an activating group) is 1. The lowest BCUT2D eigenvalue weighted by atomic mass is 10.0. The summed E-state index contributed by atoms with van der Waals surface area (Å²) < 4.78 is 23.3. The molecule has 0 aromatic rings. The van der Waals surface area contributed by atoms with Crippen LogP contribution in [0, 0.1) is 0 Å². The molecule has 0 aliphatic rings. The summed E-state index contributed by atoms with van der Waals surface area (Å²) in [7, 11) is 1.28. The number of hydrogen-bond donors (Lipinski definition) is 2. The molecule has 1 amide bonds. The third kappa shape index (κ3) is 47.2. The van der Waals surface area contributed by atoms with E-state index in [-0.39, 0.29) is 19.1 Å². The van der Waals surface area contributed by atoms with Gasteiger partial charge < -0.3 is 28.8 Å². The van der Waals surface area contributed by atoms with Crippen LogP contribution in [0.4, 0.5) is 0 Å². The topological polar surface area (TPSA) is 108 Å². The highest BCUT2D eigenvalue weighted by molar-refractivity contribution is 7.45. The monoisotopic (exact) mass is 899 g/mol. The first-order chi connectivity index (χ1) is 30.0. The predicted molar refractivity (Wildman–Crippen MR) is 266 cm³/mol. The molecule has 0 fully saturated rings. The number of aliphatic hydroxyl groups is 1. The van der Waals surface area contributed by atoms with Gasteiger partial charge in [-0.15, -0.1) is 0 Å². The van der Waals surface area contributed by atoms with Crippen molar-refractivity contribution in [3.05, 3.63) is 12.2 Å². The molecule has 8 nitrogen and oxygen atoms in total. The maximum atomic E-state index is 12.9. The number of nitrogens with zero attached hydrogens (tertiary/aromatic N) is 1. The number of carbonyl (C=O) groups is 1. The van der Waals surface area contributed by atoms with Crippen LogP contribution in [0.5, 0.6) is 0 Å². The van der Waals surface area contributed by atoms with Crippen LogP contribution in [0.3, 0.4) is 0 Å². The van der Waals surface area contributed by atoms with Crippen molar-refractivity contribution >= 4 is 13.7 Å². The Hall–Kier alpha value is -0.760. The SMILES string of the molecule is CCCCCCCCCCCCCCCCCC/C=C/C(O)C(COP(=O)([O-])OCC[N+](C)(C)C)NC(=O)CCCCCCCCCCCCCCCCCCCCCCCC. The number of hydrogen-bond acceptors (Lipinski definition) is 6. The third-order valence-corrected chi connectivity index (χ3v) is 13.5. The molecule has 2 N–H and O–H groups in total. The van der Waals surface area contributed by atoms with Crippen molar-refractivity contribution in [3.63, 3.8) is 0 Å². The van der Waals surface area contributed by atoms with Gasteiger partial charge >= 0.3 is 0 Å². The summed E-state index contributed by atoms with van der Waals surface area (Å²) in [4.78, 5) is 25.4. The number of rotatable bonds is 50. The highest BCUT2D eigenvalue weighted by Crippen LogP contribution is 2.38. The van der Waals surface area contributed by atoms with Crippen LogP contribution >= 0.6 is 7.82 Å². The Kier molecular flexibility index (Phi) is 44.8. The molecule has 0 saturated carbocycles. The second kappa shape index (κ2) is 45.4. The average molecular weight is 899 g/mol. The Morgan fingerprint density at radius 3 is 1.21 bits per heavy atom. The van der Waals surface area contributed by atoms with Gasteiger partial charge in [-0.05, 0) is 19.3 Å². The van der Waals surface area contributed by atoms with Crippen molar-refractivity contribution in [2.24, 2.45) is 0 Å². The number of carbonyl (C=O) groups excluding carboxylic acids is 1.